The molecule has 0 spiro atoms. The zero-order valence-electron chi connectivity index (χ0n) is 9.96. The second-order valence-electron chi connectivity index (χ2n) is 5.09. The van der Waals surface area contributed by atoms with Crippen molar-refractivity contribution in [1.29, 1.82) is 0 Å². The molecule has 0 amide bonds. The number of hydrogen-bond donors (Lipinski definition) is 1. The van der Waals surface area contributed by atoms with Crippen LogP contribution in [-0.2, 0) is 6.42 Å². The molecule has 3 heteroatoms. The van der Waals surface area contributed by atoms with Crippen LogP contribution in [0.25, 0.3) is 0 Å². The molecule has 1 aromatic carbocycles. The summed E-state index contributed by atoms with van der Waals surface area (Å²) in [6.45, 7) is 0. The lowest BCUT2D eigenvalue weighted by atomic mass is 9.91. The molecule has 0 aromatic heterocycles. The van der Waals surface area contributed by atoms with Gasteiger partial charge in [0, 0.05) is 16.1 Å². The molecule has 0 heterocycles. The molecular formula is C14H19Cl2N. The second-order valence-corrected chi connectivity index (χ2v) is 5.93. The molecule has 2 unspecified atom stereocenters. The summed E-state index contributed by atoms with van der Waals surface area (Å²) in [5, 5.41) is 1.49. The maximum atomic E-state index is 6.21. The van der Waals surface area contributed by atoms with E-state index in [1.165, 1.54) is 31.2 Å². The van der Waals surface area contributed by atoms with Crippen LogP contribution in [0.3, 0.4) is 0 Å². The van der Waals surface area contributed by atoms with Crippen molar-refractivity contribution in [3.8, 4) is 0 Å². The minimum absolute atomic E-state index is 0.369. The molecule has 2 atom stereocenters. The van der Waals surface area contributed by atoms with Crippen molar-refractivity contribution in [2.75, 3.05) is 0 Å². The van der Waals surface area contributed by atoms with E-state index in [1.807, 2.05) is 18.2 Å². The normalized spacial score (nSPS) is 25.6. The highest BCUT2D eigenvalue weighted by Gasteiger charge is 2.18. The van der Waals surface area contributed by atoms with Crippen LogP contribution in [0.15, 0.2) is 18.2 Å². The first-order valence-corrected chi connectivity index (χ1v) is 7.10. The van der Waals surface area contributed by atoms with Gasteiger partial charge in [-0.1, -0.05) is 48.5 Å². The van der Waals surface area contributed by atoms with Crippen molar-refractivity contribution in [3.05, 3.63) is 33.8 Å². The number of nitrogens with two attached hydrogens (primary N) is 1. The molecule has 1 fully saturated rings. The van der Waals surface area contributed by atoms with E-state index >= 15 is 0 Å². The summed E-state index contributed by atoms with van der Waals surface area (Å²) in [6.07, 6.45) is 7.16. The first-order valence-electron chi connectivity index (χ1n) is 6.34. The molecular weight excluding hydrogens is 253 g/mol. The molecule has 0 bridgehead atoms. The number of rotatable bonds is 2. The Labute approximate surface area is 113 Å². The Morgan fingerprint density at radius 2 is 1.94 bits per heavy atom. The fourth-order valence-corrected chi connectivity index (χ4v) is 3.17. The Morgan fingerprint density at radius 1 is 1.18 bits per heavy atom. The highest BCUT2D eigenvalue weighted by Crippen LogP contribution is 2.29. The van der Waals surface area contributed by atoms with E-state index in [0.717, 1.165) is 17.9 Å². The quantitative estimate of drug-likeness (QED) is 0.791. The second kappa shape index (κ2) is 6.08. The Hall–Kier alpha value is -0.240. The van der Waals surface area contributed by atoms with Crippen molar-refractivity contribution in [1.82, 2.24) is 0 Å². The molecule has 94 valence electrons. The molecule has 1 aliphatic rings. The third-order valence-electron chi connectivity index (χ3n) is 3.60. The standard InChI is InChI=1S/C14H19Cl2N/c15-12-6-5-11(14(16)9-12)7-10-3-1-2-4-13(17)8-10/h5-6,9-10,13H,1-4,7-8,17H2. The molecule has 1 aliphatic carbocycles. The summed E-state index contributed by atoms with van der Waals surface area (Å²) in [5.41, 5.74) is 7.29. The van der Waals surface area contributed by atoms with Gasteiger partial charge in [0.05, 0.1) is 0 Å². The van der Waals surface area contributed by atoms with Crippen molar-refractivity contribution in [3.63, 3.8) is 0 Å². The van der Waals surface area contributed by atoms with Crippen LogP contribution in [0, 0.1) is 5.92 Å². The van der Waals surface area contributed by atoms with Gasteiger partial charge in [0.15, 0.2) is 0 Å². The first kappa shape index (κ1) is 13.2. The van der Waals surface area contributed by atoms with Gasteiger partial charge in [-0.3, -0.25) is 0 Å². The van der Waals surface area contributed by atoms with Crippen LogP contribution < -0.4 is 5.73 Å². The van der Waals surface area contributed by atoms with Gasteiger partial charge >= 0.3 is 0 Å². The van der Waals surface area contributed by atoms with Crippen LogP contribution in [0.1, 0.15) is 37.7 Å². The molecule has 1 saturated carbocycles. The maximum Gasteiger partial charge on any atom is 0.0452 e. The van der Waals surface area contributed by atoms with E-state index in [1.54, 1.807) is 0 Å². The summed E-state index contributed by atoms with van der Waals surface area (Å²) < 4.78 is 0. The van der Waals surface area contributed by atoms with E-state index in [9.17, 15) is 0 Å². The monoisotopic (exact) mass is 271 g/mol. The Balaban J connectivity index is 2.03. The summed E-state index contributed by atoms with van der Waals surface area (Å²) in [5.74, 6) is 0.672. The third-order valence-corrected chi connectivity index (χ3v) is 4.18. The van der Waals surface area contributed by atoms with Crippen molar-refractivity contribution < 1.29 is 0 Å². The lowest BCUT2D eigenvalue weighted by Gasteiger charge is -2.17. The van der Waals surface area contributed by atoms with Gasteiger partial charge in [0.1, 0.15) is 0 Å². The summed E-state index contributed by atoms with van der Waals surface area (Å²) >= 11 is 12.1. The smallest absolute Gasteiger partial charge is 0.0452 e. The number of benzene rings is 1. The molecule has 17 heavy (non-hydrogen) atoms. The van der Waals surface area contributed by atoms with Crippen LogP contribution in [-0.4, -0.2) is 6.04 Å². The summed E-state index contributed by atoms with van der Waals surface area (Å²) in [7, 11) is 0. The van der Waals surface area contributed by atoms with E-state index in [0.29, 0.717) is 17.0 Å². The molecule has 0 aliphatic heterocycles. The van der Waals surface area contributed by atoms with Gasteiger partial charge in [-0.05, 0) is 42.9 Å². The topological polar surface area (TPSA) is 26.0 Å². The third kappa shape index (κ3) is 3.87. The average Bonchev–Trinajstić information content (AvgIpc) is 2.47. The van der Waals surface area contributed by atoms with Gasteiger partial charge in [0.25, 0.3) is 0 Å². The van der Waals surface area contributed by atoms with Gasteiger partial charge < -0.3 is 5.73 Å². The Morgan fingerprint density at radius 3 is 2.71 bits per heavy atom. The highest BCUT2D eigenvalue weighted by atomic mass is 35.5. The number of hydrogen-bond acceptors (Lipinski definition) is 1. The zero-order chi connectivity index (χ0) is 12.3. The van der Waals surface area contributed by atoms with Crippen LogP contribution in [0.4, 0.5) is 0 Å². The lowest BCUT2D eigenvalue weighted by molar-refractivity contribution is 0.431. The Bertz CT molecular complexity index is 378. The van der Waals surface area contributed by atoms with Gasteiger partial charge in [-0.25, -0.2) is 0 Å². The molecule has 0 saturated heterocycles. The minimum Gasteiger partial charge on any atom is -0.328 e. The zero-order valence-corrected chi connectivity index (χ0v) is 11.5. The fourth-order valence-electron chi connectivity index (χ4n) is 2.69. The molecule has 1 nitrogen and oxygen atoms in total. The number of halogens is 2. The van der Waals surface area contributed by atoms with Crippen LogP contribution in [0.5, 0.6) is 0 Å². The van der Waals surface area contributed by atoms with E-state index in [4.69, 9.17) is 28.9 Å². The summed E-state index contributed by atoms with van der Waals surface area (Å²) in [4.78, 5) is 0. The lowest BCUT2D eigenvalue weighted by Crippen LogP contribution is -2.22. The largest absolute Gasteiger partial charge is 0.328 e. The predicted molar refractivity (Wildman–Crippen MR) is 74.7 cm³/mol. The summed E-state index contributed by atoms with van der Waals surface area (Å²) in [6, 6.07) is 6.16. The van der Waals surface area contributed by atoms with Crippen molar-refractivity contribution in [2.45, 2.75) is 44.6 Å². The van der Waals surface area contributed by atoms with Gasteiger partial charge in [0.2, 0.25) is 0 Å². The fraction of sp³-hybridized carbons (Fsp3) is 0.571. The Kier molecular flexibility index (Phi) is 4.72. The SMILES string of the molecule is NC1CCCCC(Cc2ccc(Cl)cc2Cl)C1. The average molecular weight is 272 g/mol. The van der Waals surface area contributed by atoms with Gasteiger partial charge in [-0.15, -0.1) is 0 Å². The minimum atomic E-state index is 0.369. The van der Waals surface area contributed by atoms with Crippen molar-refractivity contribution in [2.24, 2.45) is 11.7 Å². The van der Waals surface area contributed by atoms with Crippen LogP contribution >= 0.6 is 23.2 Å². The molecule has 1 aromatic rings. The first-order chi connectivity index (χ1) is 8.15. The van der Waals surface area contributed by atoms with Crippen molar-refractivity contribution >= 4 is 23.2 Å². The van der Waals surface area contributed by atoms with Gasteiger partial charge in [-0.2, -0.15) is 0 Å². The van der Waals surface area contributed by atoms with E-state index < -0.39 is 0 Å². The molecule has 0 radical (unpaired) electrons. The van der Waals surface area contributed by atoms with Crippen LogP contribution in [0.2, 0.25) is 10.0 Å². The van der Waals surface area contributed by atoms with E-state index in [2.05, 4.69) is 0 Å². The predicted octanol–water partition coefficient (Wildman–Crippen LogP) is 4.44. The molecule has 2 N–H and O–H groups in total. The highest BCUT2D eigenvalue weighted by molar-refractivity contribution is 6.35. The maximum absolute atomic E-state index is 6.21. The molecule has 2 rings (SSSR count). The van der Waals surface area contributed by atoms with E-state index in [-0.39, 0.29) is 0 Å².